The van der Waals surface area contributed by atoms with E-state index in [1.807, 2.05) is 36.4 Å². The van der Waals surface area contributed by atoms with Gasteiger partial charge in [-0.3, -0.25) is 43.4 Å². The first-order valence-corrected chi connectivity index (χ1v) is 30.9. The summed E-state index contributed by atoms with van der Waals surface area (Å²) in [7, 11) is 0. The molecular weight excluding hydrogens is 1290 g/mol. The number of phenolic OH excluding ortho intramolecular Hbond substituents is 1. The molecule has 0 spiro atoms. The molecule has 0 saturated carbocycles. The molecule has 5 aromatic rings. The van der Waals surface area contributed by atoms with Gasteiger partial charge in [0.05, 0.1) is 53.3 Å². The summed E-state index contributed by atoms with van der Waals surface area (Å²) in [6.07, 6.45) is -13.2. The van der Waals surface area contributed by atoms with E-state index in [4.69, 9.17) is 19.1 Å². The maximum Gasteiger partial charge on any atom is 1.00 e. The summed E-state index contributed by atoms with van der Waals surface area (Å²) in [6, 6.07) is 8.42. The van der Waals surface area contributed by atoms with Crippen LogP contribution in [0.5, 0.6) is 17.2 Å². The van der Waals surface area contributed by atoms with Gasteiger partial charge in [-0.05, 0) is 78.6 Å². The molecule has 32 nitrogen and oxygen atoms in total. The molecule has 3 aromatic carbocycles. The van der Waals surface area contributed by atoms with Crippen molar-refractivity contribution in [3.8, 4) is 50.6 Å². The normalized spacial score (nSPS) is 24.6. The molecule has 3 aliphatic heterocycles. The quantitative estimate of drug-likeness (QED) is 0.0107. The number of benzene rings is 3. The van der Waals surface area contributed by atoms with Gasteiger partial charge in [-0.25, -0.2) is 0 Å². The number of primary amides is 1. The Bertz CT molecular complexity index is 3460. The van der Waals surface area contributed by atoms with Crippen LogP contribution < -0.4 is 76.1 Å². The summed E-state index contributed by atoms with van der Waals surface area (Å²) in [5.41, 5.74) is 7.46. The minimum Gasteiger partial charge on any atom is -0.691 e. The summed E-state index contributed by atoms with van der Waals surface area (Å²) < 4.78 is 20.9. The van der Waals surface area contributed by atoms with E-state index >= 15 is 0 Å². The molecule has 8 amide bonds. The zero-order valence-electron chi connectivity index (χ0n) is 51.1. The van der Waals surface area contributed by atoms with E-state index in [2.05, 4.69) is 53.1 Å². The number of nitrogens with zero attached hydrogens (tertiary/aromatic N) is 4. The van der Waals surface area contributed by atoms with E-state index in [1.54, 1.807) is 12.1 Å². The molecule has 14 unspecified atom stereocenters. The van der Waals surface area contributed by atoms with Crippen molar-refractivity contribution >= 4 is 70.9 Å². The smallest absolute Gasteiger partial charge is 0.691 e. The van der Waals surface area contributed by atoms with Gasteiger partial charge >= 0.3 is 29.6 Å². The number of β-amino-alcohol motifs (C(OH)–C–C–N with tert-alkyl or cyclic N) is 1. The second-order valence-corrected chi connectivity index (χ2v) is 24.1. The predicted molar refractivity (Wildman–Crippen MR) is 322 cm³/mol. The van der Waals surface area contributed by atoms with Gasteiger partial charge in [0, 0.05) is 44.0 Å². The van der Waals surface area contributed by atoms with E-state index in [1.165, 1.54) is 19.1 Å². The Labute approximate surface area is 567 Å². The second-order valence-electron chi connectivity index (χ2n) is 22.6. The van der Waals surface area contributed by atoms with Crippen LogP contribution >= 0.6 is 23.7 Å². The number of nitrogens with one attached hydrogen (secondary N) is 5. The van der Waals surface area contributed by atoms with Gasteiger partial charge in [0.15, 0.2) is 11.5 Å². The molecule has 3 fully saturated rings. The molecule has 0 radical (unpaired) electrons. The molecule has 5 heterocycles. The van der Waals surface area contributed by atoms with Crippen LogP contribution in [0.25, 0.3) is 33.3 Å². The fourth-order valence-electron chi connectivity index (χ4n) is 10.8. The first-order valence-electron chi connectivity index (χ1n) is 29.4. The number of carbonyl (C=O) groups is 8. The van der Waals surface area contributed by atoms with Crippen LogP contribution in [0.15, 0.2) is 83.3 Å². The minimum absolute atomic E-state index is 0. The van der Waals surface area contributed by atoms with Crippen molar-refractivity contribution in [1.29, 1.82) is 0 Å². The van der Waals surface area contributed by atoms with Crippen LogP contribution in [-0.4, -0.2) is 207 Å². The molecule has 15 N–H and O–H groups in total. The monoisotopic (exact) mass is 1360 g/mol. The minimum atomic E-state index is -2.55. The Morgan fingerprint density at radius 3 is 2.12 bits per heavy atom. The van der Waals surface area contributed by atoms with Crippen LogP contribution in [0.2, 0.25) is 0 Å². The van der Waals surface area contributed by atoms with Gasteiger partial charge in [-0.2, -0.15) is 0 Å². The molecule has 0 aliphatic carbocycles. The van der Waals surface area contributed by atoms with Gasteiger partial charge in [0.2, 0.25) is 47.2 Å². The van der Waals surface area contributed by atoms with E-state index < -0.39 is 183 Å². The number of ether oxygens (including phenoxy) is 1. The van der Waals surface area contributed by atoms with Gasteiger partial charge in [-0.1, -0.05) is 57.0 Å². The molecule has 14 atom stereocenters. The number of carbonyl (C=O) groups excluding carboxylic acids is 8. The van der Waals surface area contributed by atoms with E-state index in [0.29, 0.717) is 21.9 Å². The number of amides is 8. The molecule has 502 valence electrons. The zero-order chi connectivity index (χ0) is 67.4. The Morgan fingerprint density at radius 2 is 1.45 bits per heavy atom. The summed E-state index contributed by atoms with van der Waals surface area (Å²) in [5.74, 6) is -11.2. The van der Waals surface area contributed by atoms with Crippen molar-refractivity contribution in [1.82, 2.24) is 46.6 Å². The topological polar surface area (TPSA) is 490 Å². The van der Waals surface area contributed by atoms with E-state index in [9.17, 15) is 84.5 Å². The number of hydrogen-bond acceptors (Lipinski definition) is 26. The Hall–Kier alpha value is -7.39. The number of aliphatic hydroxyl groups excluding tert-OH is 7. The van der Waals surface area contributed by atoms with Gasteiger partial charge in [0.1, 0.15) is 54.2 Å². The van der Waals surface area contributed by atoms with E-state index in [0.717, 1.165) is 77.5 Å². The Kier molecular flexibility index (Phi) is 26.6. The van der Waals surface area contributed by atoms with Crippen molar-refractivity contribution < 1.29 is 137 Å². The van der Waals surface area contributed by atoms with Crippen molar-refractivity contribution in [2.24, 2.45) is 11.7 Å². The molecule has 2 aromatic heterocycles. The fraction of sp³-hybridized carbons (Fsp3) is 0.458. The maximum absolute atomic E-state index is 14.7. The summed E-state index contributed by atoms with van der Waals surface area (Å²) in [6.45, 7) is 3.38. The largest absolute Gasteiger partial charge is 1.00 e. The fourth-order valence-corrected chi connectivity index (χ4v) is 11.9. The van der Waals surface area contributed by atoms with E-state index in [-0.39, 0.29) is 64.1 Å². The van der Waals surface area contributed by atoms with Crippen molar-refractivity contribution in [2.75, 3.05) is 26.2 Å². The second kappa shape index (κ2) is 33.8. The summed E-state index contributed by atoms with van der Waals surface area (Å²) in [5, 5.41) is 124. The van der Waals surface area contributed by atoms with Crippen molar-refractivity contribution in [3.05, 3.63) is 89.3 Å². The maximum atomic E-state index is 14.7. The SMILES string of the molecule is CCCCCOc1ccc(-c2ccc(-c3nnc(-c4ccc(C(=O)NC5CC(O)CNC(=O)C6C(O)C(C)CN6C(=O)C(C(O)CC(N)=O)NC(=O)C(C(O)C(O)c6ccc(O)c(OSOO[O-])c6)NC(=O)C6CC(O)CN6C(=O)C(C(C)O)NC5=O)s4)o3)cc2)cc1.[Na+]. The van der Waals surface area contributed by atoms with Crippen molar-refractivity contribution in [2.45, 2.75) is 138 Å². The average molecular weight is 1360 g/mol. The molecule has 94 heavy (non-hydrogen) atoms. The van der Waals surface area contributed by atoms with Crippen LogP contribution in [0.1, 0.15) is 80.6 Å². The zero-order valence-corrected chi connectivity index (χ0v) is 54.8. The van der Waals surface area contributed by atoms with Gasteiger partial charge < -0.3 is 102 Å². The number of aromatic hydroxyl groups is 1. The third-order valence-electron chi connectivity index (χ3n) is 15.7. The van der Waals surface area contributed by atoms with Gasteiger partial charge in [0.25, 0.3) is 24.1 Å². The van der Waals surface area contributed by atoms with Crippen molar-refractivity contribution in [3.63, 3.8) is 0 Å². The third kappa shape index (κ3) is 18.3. The molecule has 0 bridgehead atoms. The van der Waals surface area contributed by atoms with Crippen LogP contribution in [0.4, 0.5) is 0 Å². The van der Waals surface area contributed by atoms with Crippen LogP contribution in [0.3, 0.4) is 0 Å². The number of aromatic nitrogens is 2. The summed E-state index contributed by atoms with van der Waals surface area (Å²) in [4.78, 5) is 115. The Morgan fingerprint density at radius 1 is 0.798 bits per heavy atom. The van der Waals surface area contributed by atoms with Crippen LogP contribution in [0, 0.1) is 5.92 Å². The first kappa shape index (κ1) is 74.0. The number of thiophene rings is 1. The number of nitrogens with two attached hydrogens (primary N) is 1. The standard InChI is InChI=1S/C59H72N10O22S2.Na/c1-4-5-6-19-87-35-14-11-30(12-15-35)29-7-9-31(10-8-29)56-66-67-57(88-56)42-18-17-41(92-42)53(81)62-36-21-33(71)24-61-55(83)47-48(76)27(2)25-69(47)59(85)45(39(74)23-43(60)75)64-54(82)46(50(78)49(77)32-13-16-38(73)40(20-32)89-93-91-90-86)65-52(80)37-22-34(72)26-68(37)58(84)44(28(3)70)63-51(36)79;/h7-18,20,27-28,33-34,36-37,39,44-50,70-74,76-78,86H,4-6,19,21-26H2,1-3H3,(H2,60,75)(H,61,83)(H,62,81)(H,63,79)(H,64,82)(H,65,80);/q;+1/p-1. The number of aliphatic hydroxyl groups is 7. The Balaban J connectivity index is 0.0000125. The number of fused-ring (bicyclic) bond motifs is 2. The number of hydrogen-bond donors (Lipinski definition) is 14. The molecule has 35 heteroatoms. The summed E-state index contributed by atoms with van der Waals surface area (Å²) >= 11 is 0.777. The third-order valence-corrected chi connectivity index (χ3v) is 17.2. The van der Waals surface area contributed by atoms with Gasteiger partial charge in [-0.15, -0.1) is 25.9 Å². The number of unbranched alkanes of at least 4 members (excludes halogenated alkanes) is 2. The van der Waals surface area contributed by atoms with Crippen LogP contribution in [-0.2, 0) is 42.9 Å². The molecule has 3 saturated heterocycles. The molecular formula is C59H71N10NaO22S2. The molecule has 8 rings (SSSR count). The number of rotatable bonds is 21. The number of phenols is 1. The molecule has 3 aliphatic rings. The average Bonchev–Trinajstić information content (AvgIpc) is 1.65. The first-order chi connectivity index (χ1) is 44.4. The predicted octanol–water partition coefficient (Wildman–Crippen LogP) is -5.11.